The molecular weight excluding hydrogens is 396 g/mol. The van der Waals surface area contributed by atoms with E-state index in [1.807, 2.05) is 0 Å². The Hall–Kier alpha value is -0.930. The molecule has 0 bridgehead atoms. The molecule has 0 aliphatic carbocycles. The van der Waals surface area contributed by atoms with Crippen molar-refractivity contribution < 1.29 is 0 Å². The molecule has 0 radical (unpaired) electrons. The smallest absolute Gasteiger partial charge is 0.204 e. The van der Waals surface area contributed by atoms with E-state index in [1.54, 1.807) is 10.9 Å². The van der Waals surface area contributed by atoms with Gasteiger partial charge < -0.3 is 0 Å². The Morgan fingerprint density at radius 2 is 2.00 bits per heavy atom. The third-order valence-corrected chi connectivity index (χ3v) is 5.05. The lowest BCUT2D eigenvalue weighted by Gasteiger charge is -2.12. The van der Waals surface area contributed by atoms with Crippen LogP contribution in [0.1, 0.15) is 39.5 Å². The minimum absolute atomic E-state index is 0.555. The fourth-order valence-corrected chi connectivity index (χ4v) is 3.30. The summed E-state index contributed by atoms with van der Waals surface area (Å²) in [4.78, 5) is 5.28. The number of hydrogen-bond acceptors (Lipinski definition) is 2. The van der Waals surface area contributed by atoms with Gasteiger partial charge in [0, 0.05) is 4.47 Å². The van der Waals surface area contributed by atoms with E-state index in [4.69, 9.17) is 6.57 Å². The Labute approximate surface area is 142 Å². The highest BCUT2D eigenvalue weighted by atomic mass is 79.9. The topological polar surface area (TPSA) is 35.1 Å². The first-order valence-electron chi connectivity index (χ1n) is 7.20. The number of halogens is 2. The second-order valence-corrected chi connectivity index (χ2v) is 6.82. The van der Waals surface area contributed by atoms with E-state index in [9.17, 15) is 0 Å². The van der Waals surface area contributed by atoms with Crippen LogP contribution in [0, 0.1) is 12.5 Å². The number of unbranched alkanes of at least 4 members (excludes halogenated alkanes) is 1. The number of fused-ring (bicyclic) bond motifs is 1. The molecule has 2 rings (SSSR count). The molecule has 6 heteroatoms. The zero-order valence-corrected chi connectivity index (χ0v) is 15.4. The van der Waals surface area contributed by atoms with E-state index < -0.39 is 0 Å². The molecule has 1 atom stereocenters. The van der Waals surface area contributed by atoms with Crippen LogP contribution in [0.3, 0.4) is 0 Å². The van der Waals surface area contributed by atoms with Gasteiger partial charge >= 0.3 is 0 Å². The van der Waals surface area contributed by atoms with Crippen LogP contribution in [0.4, 0.5) is 5.69 Å². The van der Waals surface area contributed by atoms with Crippen LogP contribution in [0.5, 0.6) is 0 Å². The largest absolute Gasteiger partial charge is 0.237 e. The first-order chi connectivity index (χ1) is 10.1. The first-order valence-corrected chi connectivity index (χ1v) is 8.79. The summed E-state index contributed by atoms with van der Waals surface area (Å²) in [6, 6.07) is 1.78. The van der Waals surface area contributed by atoms with E-state index >= 15 is 0 Å². The second kappa shape index (κ2) is 7.37. The number of hydrogen-bond donors (Lipinski definition) is 0. The summed E-state index contributed by atoms with van der Waals surface area (Å²) in [5.74, 6) is 0.602. The first kappa shape index (κ1) is 16.4. The third kappa shape index (κ3) is 3.64. The summed E-state index contributed by atoms with van der Waals surface area (Å²) in [5, 5.41) is 9.13. The van der Waals surface area contributed by atoms with Gasteiger partial charge in [0.25, 0.3) is 0 Å². The van der Waals surface area contributed by atoms with Crippen molar-refractivity contribution in [1.29, 1.82) is 0 Å². The molecule has 1 aromatic heterocycles. The molecule has 0 fully saturated rings. The molecule has 0 amide bonds. The van der Waals surface area contributed by atoms with Gasteiger partial charge in [-0.15, -0.1) is 0 Å². The van der Waals surface area contributed by atoms with E-state index in [-0.39, 0.29) is 0 Å². The third-order valence-electron chi connectivity index (χ3n) is 3.66. The predicted octanol–water partition coefficient (Wildman–Crippen LogP) is 5.72. The molecular formula is C15H18Br2N4. The van der Waals surface area contributed by atoms with Crippen LogP contribution < -0.4 is 0 Å². The maximum Gasteiger partial charge on any atom is 0.204 e. The Morgan fingerprint density at radius 1 is 1.29 bits per heavy atom. The highest BCUT2D eigenvalue weighted by Gasteiger charge is 2.16. The lowest BCUT2D eigenvalue weighted by atomic mass is 10.00. The van der Waals surface area contributed by atoms with Gasteiger partial charge in [0.15, 0.2) is 0 Å². The van der Waals surface area contributed by atoms with E-state index in [0.29, 0.717) is 11.6 Å². The van der Waals surface area contributed by atoms with Crippen molar-refractivity contribution in [2.45, 2.75) is 46.1 Å². The summed E-state index contributed by atoms with van der Waals surface area (Å²) in [7, 11) is 0. The average molecular weight is 414 g/mol. The molecule has 2 aromatic rings. The molecule has 0 N–H and O–H groups in total. The van der Waals surface area contributed by atoms with Crippen molar-refractivity contribution >= 4 is 48.6 Å². The maximum atomic E-state index is 7.20. The molecule has 112 valence electrons. The predicted molar refractivity (Wildman–Crippen MR) is 92.5 cm³/mol. The van der Waals surface area contributed by atoms with Crippen molar-refractivity contribution in [2.24, 2.45) is 5.92 Å². The molecule has 21 heavy (non-hydrogen) atoms. The molecule has 0 aliphatic heterocycles. The summed E-state index contributed by atoms with van der Waals surface area (Å²) in [6.07, 6.45) is 4.80. The molecule has 1 aromatic carbocycles. The molecule has 0 aliphatic rings. The summed E-state index contributed by atoms with van der Waals surface area (Å²) >= 11 is 6.95. The molecule has 0 spiro atoms. The van der Waals surface area contributed by atoms with Crippen molar-refractivity contribution in [2.75, 3.05) is 0 Å². The monoisotopic (exact) mass is 412 g/mol. The zero-order chi connectivity index (χ0) is 15.4. The van der Waals surface area contributed by atoms with Crippen LogP contribution in [-0.4, -0.2) is 15.0 Å². The lowest BCUT2D eigenvalue weighted by Crippen LogP contribution is -2.12. The van der Waals surface area contributed by atoms with E-state index in [0.717, 1.165) is 32.9 Å². The fourth-order valence-electron chi connectivity index (χ4n) is 2.34. The summed E-state index contributed by atoms with van der Waals surface area (Å²) in [6.45, 7) is 12.5. The van der Waals surface area contributed by atoms with Gasteiger partial charge in [-0.25, -0.2) is 4.85 Å². The van der Waals surface area contributed by atoms with Crippen molar-refractivity contribution in [3.63, 3.8) is 0 Å². The van der Waals surface area contributed by atoms with Gasteiger partial charge in [-0.3, -0.25) is 0 Å². The maximum absolute atomic E-state index is 7.20. The molecule has 1 unspecified atom stereocenters. The standard InChI is InChI=1S/C15H18Br2N4/c1-4-6-7-10(5-2)9-21-19-14-11(16)8-12(18-3)13(17)15(14)20-21/h8,10H,4-7,9H2,1-2H3. The van der Waals surface area contributed by atoms with Crippen molar-refractivity contribution in [3.8, 4) is 0 Å². The molecule has 4 nitrogen and oxygen atoms in total. The van der Waals surface area contributed by atoms with Crippen LogP contribution in [0.2, 0.25) is 0 Å². The Bertz CT molecular complexity index is 672. The summed E-state index contributed by atoms with van der Waals surface area (Å²) < 4.78 is 1.54. The second-order valence-electron chi connectivity index (χ2n) is 5.17. The number of aromatic nitrogens is 3. The summed E-state index contributed by atoms with van der Waals surface area (Å²) in [5.41, 5.74) is 2.11. The van der Waals surface area contributed by atoms with Crippen LogP contribution in [0.15, 0.2) is 15.0 Å². The van der Waals surface area contributed by atoms with Crippen LogP contribution in [-0.2, 0) is 6.54 Å². The fraction of sp³-hybridized carbons (Fsp3) is 0.533. The quantitative estimate of drug-likeness (QED) is 0.567. The number of benzene rings is 1. The minimum Gasteiger partial charge on any atom is -0.237 e. The van der Waals surface area contributed by atoms with Crippen molar-refractivity contribution in [1.82, 2.24) is 15.0 Å². The highest BCUT2D eigenvalue weighted by Crippen LogP contribution is 2.36. The Balaban J connectivity index is 2.33. The molecule has 0 saturated heterocycles. The normalized spacial score (nSPS) is 12.5. The Morgan fingerprint density at radius 3 is 2.62 bits per heavy atom. The average Bonchev–Trinajstić information content (AvgIpc) is 2.91. The van der Waals surface area contributed by atoms with Gasteiger partial charge in [-0.2, -0.15) is 15.0 Å². The minimum atomic E-state index is 0.555. The van der Waals surface area contributed by atoms with Crippen LogP contribution >= 0.6 is 31.9 Å². The SMILES string of the molecule is [C-]#[N+]c1cc(Br)c2nn(CC(CC)CCCC)nc2c1Br. The van der Waals surface area contributed by atoms with Gasteiger partial charge in [0.1, 0.15) is 11.0 Å². The number of nitrogens with zero attached hydrogens (tertiary/aromatic N) is 4. The van der Waals surface area contributed by atoms with Gasteiger partial charge in [-0.05, 0) is 34.3 Å². The van der Waals surface area contributed by atoms with Crippen LogP contribution in [0.25, 0.3) is 15.9 Å². The Kier molecular flexibility index (Phi) is 5.77. The van der Waals surface area contributed by atoms with Gasteiger partial charge in [0.2, 0.25) is 5.69 Å². The molecule has 0 saturated carbocycles. The van der Waals surface area contributed by atoms with Crippen molar-refractivity contribution in [3.05, 3.63) is 26.4 Å². The van der Waals surface area contributed by atoms with Gasteiger partial charge in [-0.1, -0.05) is 49.0 Å². The highest BCUT2D eigenvalue weighted by molar-refractivity contribution is 9.11. The van der Waals surface area contributed by atoms with E-state index in [2.05, 4.69) is 60.7 Å². The lowest BCUT2D eigenvalue weighted by molar-refractivity contribution is 0.351. The number of rotatable bonds is 6. The molecule has 1 heterocycles. The van der Waals surface area contributed by atoms with Gasteiger partial charge in [0.05, 0.1) is 17.6 Å². The zero-order valence-electron chi connectivity index (χ0n) is 12.2. The van der Waals surface area contributed by atoms with E-state index in [1.165, 1.54) is 19.3 Å².